The highest BCUT2D eigenvalue weighted by Gasteiger charge is 2.13. The summed E-state index contributed by atoms with van der Waals surface area (Å²) < 4.78 is 27.7. The van der Waals surface area contributed by atoms with E-state index in [1.54, 1.807) is 25.5 Å². The van der Waals surface area contributed by atoms with Gasteiger partial charge in [0, 0.05) is 17.8 Å². The maximum atomic E-state index is 11.4. The fraction of sp³-hybridized carbons (Fsp3) is 0.167. The molecule has 0 bridgehead atoms. The van der Waals surface area contributed by atoms with E-state index in [9.17, 15) is 8.42 Å². The zero-order valence-corrected chi connectivity index (χ0v) is 10.7. The van der Waals surface area contributed by atoms with Crippen molar-refractivity contribution in [1.82, 2.24) is 0 Å². The Labute approximate surface area is 106 Å². The van der Waals surface area contributed by atoms with Crippen molar-refractivity contribution in [2.24, 2.45) is 5.14 Å². The van der Waals surface area contributed by atoms with Crippen molar-refractivity contribution in [2.75, 3.05) is 5.32 Å². The lowest BCUT2D eigenvalue weighted by Crippen LogP contribution is -2.14. The largest absolute Gasteiger partial charge is 0.472 e. The zero-order valence-electron chi connectivity index (χ0n) is 9.88. The van der Waals surface area contributed by atoms with Crippen LogP contribution < -0.4 is 10.5 Å². The van der Waals surface area contributed by atoms with Gasteiger partial charge < -0.3 is 9.73 Å². The summed E-state index contributed by atoms with van der Waals surface area (Å²) in [7, 11) is -3.69. The Morgan fingerprint density at radius 3 is 2.72 bits per heavy atom. The molecule has 0 amide bonds. The van der Waals surface area contributed by atoms with Gasteiger partial charge in [-0.2, -0.15) is 0 Å². The lowest BCUT2D eigenvalue weighted by atomic mass is 10.2. The average molecular weight is 266 g/mol. The molecule has 18 heavy (non-hydrogen) atoms. The highest BCUT2D eigenvalue weighted by Crippen LogP contribution is 2.22. The van der Waals surface area contributed by atoms with Gasteiger partial charge in [-0.3, -0.25) is 0 Å². The number of furan rings is 1. The lowest BCUT2D eigenvalue weighted by Gasteiger charge is -2.11. The Hall–Kier alpha value is -1.79. The van der Waals surface area contributed by atoms with E-state index < -0.39 is 10.0 Å². The minimum absolute atomic E-state index is 0.139. The summed E-state index contributed by atoms with van der Waals surface area (Å²) in [5, 5.41) is 8.29. The van der Waals surface area contributed by atoms with Crippen molar-refractivity contribution in [1.29, 1.82) is 0 Å². The molecule has 0 spiro atoms. The quantitative estimate of drug-likeness (QED) is 0.884. The van der Waals surface area contributed by atoms with Crippen LogP contribution in [0.2, 0.25) is 0 Å². The summed E-state index contributed by atoms with van der Waals surface area (Å²) >= 11 is 0. The molecule has 0 atom stereocenters. The summed E-state index contributed by atoms with van der Waals surface area (Å²) in [6, 6.07) is 6.80. The second-order valence-corrected chi connectivity index (χ2v) is 5.49. The van der Waals surface area contributed by atoms with Crippen LogP contribution in [0.3, 0.4) is 0 Å². The van der Waals surface area contributed by atoms with Gasteiger partial charge in [0.25, 0.3) is 0 Å². The Kier molecular flexibility index (Phi) is 3.40. The minimum atomic E-state index is -3.69. The van der Waals surface area contributed by atoms with E-state index >= 15 is 0 Å². The van der Waals surface area contributed by atoms with Crippen LogP contribution in [0, 0.1) is 6.92 Å². The average Bonchev–Trinajstić information content (AvgIpc) is 2.79. The molecule has 6 heteroatoms. The molecule has 0 radical (unpaired) electrons. The smallest absolute Gasteiger partial charge is 0.238 e. The molecule has 3 N–H and O–H groups in total. The SMILES string of the molecule is Cc1c(NCc2ccoc2)cccc1S(N)(=O)=O. The number of benzene rings is 1. The Morgan fingerprint density at radius 1 is 1.33 bits per heavy atom. The van der Waals surface area contributed by atoms with Crippen LogP contribution in [0.5, 0.6) is 0 Å². The first kappa shape index (κ1) is 12.7. The number of rotatable bonds is 4. The first-order valence-electron chi connectivity index (χ1n) is 5.36. The summed E-state index contributed by atoms with van der Waals surface area (Å²) in [5.74, 6) is 0. The topological polar surface area (TPSA) is 85.3 Å². The standard InChI is InChI=1S/C12H14N2O3S/c1-9-11(14-7-10-5-6-17-8-10)3-2-4-12(9)18(13,15)16/h2-6,8,14H,7H2,1H3,(H2,13,15,16). The van der Waals surface area contributed by atoms with Crippen molar-refractivity contribution in [3.05, 3.63) is 47.9 Å². The number of anilines is 1. The Balaban J connectivity index is 2.24. The van der Waals surface area contributed by atoms with Crippen LogP contribution in [0.4, 0.5) is 5.69 Å². The number of primary sulfonamides is 1. The molecule has 0 saturated carbocycles. The highest BCUT2D eigenvalue weighted by molar-refractivity contribution is 7.89. The zero-order chi connectivity index (χ0) is 13.2. The Morgan fingerprint density at radius 2 is 2.11 bits per heavy atom. The van der Waals surface area contributed by atoms with Crippen molar-refractivity contribution in [3.63, 3.8) is 0 Å². The molecular formula is C12H14N2O3S. The van der Waals surface area contributed by atoms with Gasteiger partial charge in [-0.1, -0.05) is 6.07 Å². The molecule has 0 fully saturated rings. The van der Waals surface area contributed by atoms with Gasteiger partial charge in [0.1, 0.15) is 0 Å². The summed E-state index contributed by atoms with van der Waals surface area (Å²) in [4.78, 5) is 0.139. The molecular weight excluding hydrogens is 252 g/mol. The molecule has 1 heterocycles. The van der Waals surface area contributed by atoms with Gasteiger partial charge in [0.2, 0.25) is 10.0 Å². The Bertz CT molecular complexity index is 633. The van der Waals surface area contributed by atoms with E-state index in [-0.39, 0.29) is 4.90 Å². The van der Waals surface area contributed by atoms with Crippen molar-refractivity contribution < 1.29 is 12.8 Å². The van der Waals surface area contributed by atoms with Crippen LogP contribution in [-0.4, -0.2) is 8.42 Å². The maximum Gasteiger partial charge on any atom is 0.238 e. The number of nitrogens with two attached hydrogens (primary N) is 1. The van der Waals surface area contributed by atoms with Crippen LogP contribution >= 0.6 is 0 Å². The van der Waals surface area contributed by atoms with Gasteiger partial charge in [0.15, 0.2) is 0 Å². The molecule has 0 unspecified atom stereocenters. The molecule has 0 aliphatic rings. The first-order chi connectivity index (χ1) is 8.48. The summed E-state index contributed by atoms with van der Waals surface area (Å²) in [5.41, 5.74) is 2.33. The molecule has 0 aliphatic heterocycles. The van der Waals surface area contributed by atoms with Crippen LogP contribution in [0.15, 0.2) is 46.1 Å². The molecule has 5 nitrogen and oxygen atoms in total. The summed E-state index contributed by atoms with van der Waals surface area (Å²) in [6.07, 6.45) is 3.22. The third-order valence-electron chi connectivity index (χ3n) is 2.65. The summed E-state index contributed by atoms with van der Waals surface area (Å²) in [6.45, 7) is 2.28. The van der Waals surface area contributed by atoms with E-state index in [2.05, 4.69) is 5.32 Å². The second-order valence-electron chi connectivity index (χ2n) is 3.96. The van der Waals surface area contributed by atoms with E-state index in [4.69, 9.17) is 9.56 Å². The van der Waals surface area contributed by atoms with Crippen LogP contribution in [0.25, 0.3) is 0 Å². The van der Waals surface area contributed by atoms with Crippen molar-refractivity contribution >= 4 is 15.7 Å². The number of sulfonamides is 1. The van der Waals surface area contributed by atoms with Crippen molar-refractivity contribution in [2.45, 2.75) is 18.4 Å². The third kappa shape index (κ3) is 2.72. The molecule has 1 aromatic heterocycles. The van der Waals surface area contributed by atoms with Gasteiger partial charge in [-0.05, 0) is 30.7 Å². The predicted octanol–water partition coefficient (Wildman–Crippen LogP) is 1.85. The fourth-order valence-corrected chi connectivity index (χ4v) is 2.51. The van der Waals surface area contributed by atoms with Gasteiger partial charge >= 0.3 is 0 Å². The fourth-order valence-electron chi connectivity index (χ4n) is 1.70. The van der Waals surface area contributed by atoms with E-state index in [1.807, 2.05) is 12.1 Å². The van der Waals surface area contributed by atoms with Crippen LogP contribution in [-0.2, 0) is 16.6 Å². The van der Waals surface area contributed by atoms with E-state index in [0.29, 0.717) is 12.1 Å². The van der Waals surface area contributed by atoms with Gasteiger partial charge in [0.05, 0.1) is 17.4 Å². The van der Waals surface area contributed by atoms with E-state index in [1.165, 1.54) is 6.07 Å². The number of nitrogens with one attached hydrogen (secondary N) is 1. The third-order valence-corrected chi connectivity index (χ3v) is 3.71. The molecule has 1 aromatic carbocycles. The predicted molar refractivity (Wildman–Crippen MR) is 68.6 cm³/mol. The number of hydrogen-bond donors (Lipinski definition) is 2. The molecule has 96 valence electrons. The molecule has 2 aromatic rings. The lowest BCUT2D eigenvalue weighted by molar-refractivity contribution is 0.564. The molecule has 0 aliphatic carbocycles. The monoisotopic (exact) mass is 266 g/mol. The van der Waals surface area contributed by atoms with Gasteiger partial charge in [-0.25, -0.2) is 13.6 Å². The first-order valence-corrected chi connectivity index (χ1v) is 6.90. The van der Waals surface area contributed by atoms with E-state index in [0.717, 1.165) is 11.3 Å². The second kappa shape index (κ2) is 4.83. The van der Waals surface area contributed by atoms with Crippen LogP contribution in [0.1, 0.15) is 11.1 Å². The normalized spacial score (nSPS) is 11.4. The minimum Gasteiger partial charge on any atom is -0.472 e. The number of hydrogen-bond acceptors (Lipinski definition) is 4. The van der Waals surface area contributed by atoms with Gasteiger partial charge in [-0.15, -0.1) is 0 Å². The molecule has 0 saturated heterocycles. The van der Waals surface area contributed by atoms with Crippen molar-refractivity contribution in [3.8, 4) is 0 Å². The molecule has 2 rings (SSSR count). The highest BCUT2D eigenvalue weighted by atomic mass is 32.2. The maximum absolute atomic E-state index is 11.4.